The minimum atomic E-state index is -0.318. The molecule has 0 saturated carbocycles. The number of pyridine rings is 1. The van der Waals surface area contributed by atoms with Crippen LogP contribution in [0.4, 0.5) is 0 Å². The van der Waals surface area contributed by atoms with Gasteiger partial charge in [-0.15, -0.1) is 0 Å². The number of rotatable bonds is 7. The summed E-state index contributed by atoms with van der Waals surface area (Å²) in [7, 11) is 4.82. The van der Waals surface area contributed by atoms with Crippen LogP contribution in [0.25, 0.3) is 5.65 Å². The van der Waals surface area contributed by atoms with Crippen LogP contribution in [0.1, 0.15) is 40.3 Å². The van der Waals surface area contributed by atoms with E-state index in [1.54, 1.807) is 44.1 Å². The Labute approximate surface area is 183 Å². The van der Waals surface area contributed by atoms with Crippen molar-refractivity contribution in [3.63, 3.8) is 0 Å². The van der Waals surface area contributed by atoms with Gasteiger partial charge in [-0.25, -0.2) is 14.5 Å². The number of carbonyl (C=O) groups is 2. The smallest absolute Gasteiger partial charge is 0.273 e. The molecule has 3 heterocycles. The quantitative estimate of drug-likeness (QED) is 0.549. The summed E-state index contributed by atoms with van der Waals surface area (Å²) in [4.78, 5) is 34.7. The molecule has 1 atom stereocenters. The predicted octanol–water partition coefficient (Wildman–Crippen LogP) is 3.19. The predicted molar refractivity (Wildman–Crippen MR) is 113 cm³/mol. The zero-order valence-corrected chi connectivity index (χ0v) is 18.5. The van der Waals surface area contributed by atoms with Gasteiger partial charge in [0.2, 0.25) is 0 Å². The zero-order valence-electron chi connectivity index (χ0n) is 17.0. The second kappa shape index (κ2) is 9.07. The van der Waals surface area contributed by atoms with Crippen molar-refractivity contribution in [1.29, 1.82) is 0 Å². The molecule has 10 heteroatoms. The fraction of sp³-hybridized carbons (Fsp3) is 0.350. The third-order valence-corrected chi connectivity index (χ3v) is 5.08. The van der Waals surface area contributed by atoms with Crippen LogP contribution in [0.2, 0.25) is 10.2 Å². The first-order valence-electron chi connectivity index (χ1n) is 9.14. The van der Waals surface area contributed by atoms with E-state index in [2.05, 4.69) is 15.1 Å². The molecule has 0 aromatic carbocycles. The largest absolute Gasteiger partial charge is 0.375 e. The highest BCUT2D eigenvalue weighted by atomic mass is 35.5. The molecule has 0 unspecified atom stereocenters. The third kappa shape index (κ3) is 4.61. The van der Waals surface area contributed by atoms with Crippen molar-refractivity contribution < 1.29 is 14.3 Å². The molecule has 0 radical (unpaired) electrons. The van der Waals surface area contributed by atoms with Gasteiger partial charge < -0.3 is 9.64 Å². The number of ether oxygens (including phenoxy) is 1. The van der Waals surface area contributed by atoms with Crippen LogP contribution >= 0.6 is 23.2 Å². The normalized spacial score (nSPS) is 12.2. The summed E-state index contributed by atoms with van der Waals surface area (Å²) in [6, 6.07) is 3.24. The number of hydrogen-bond donors (Lipinski definition) is 0. The number of halogens is 2. The molecule has 0 aliphatic rings. The van der Waals surface area contributed by atoms with Gasteiger partial charge in [-0.3, -0.25) is 9.59 Å². The average Bonchev–Trinajstić information content (AvgIpc) is 3.06. The van der Waals surface area contributed by atoms with Crippen molar-refractivity contribution in [1.82, 2.24) is 24.5 Å². The molecule has 0 spiro atoms. The molecule has 0 bridgehead atoms. The minimum Gasteiger partial charge on any atom is -0.375 e. The molecule has 3 aromatic heterocycles. The fourth-order valence-electron chi connectivity index (χ4n) is 3.09. The molecule has 158 valence electrons. The highest BCUT2D eigenvalue weighted by molar-refractivity contribution is 6.33. The van der Waals surface area contributed by atoms with E-state index in [1.165, 1.54) is 11.1 Å². The SMILES string of the molecule is CO[C@@H](C)c1c(CC(=O)Cc2cnc(C(=O)N(C)C)c(Cl)c2)cnc2cc(Cl)nn12. The number of aromatic nitrogens is 4. The maximum Gasteiger partial charge on any atom is 0.273 e. The first-order chi connectivity index (χ1) is 14.2. The number of fused-ring (bicyclic) bond motifs is 1. The molecular weight excluding hydrogens is 429 g/mol. The number of carbonyl (C=O) groups excluding carboxylic acids is 2. The summed E-state index contributed by atoms with van der Waals surface area (Å²) < 4.78 is 7.05. The van der Waals surface area contributed by atoms with Crippen LogP contribution in [-0.2, 0) is 22.4 Å². The summed E-state index contributed by atoms with van der Waals surface area (Å²) >= 11 is 12.2. The lowest BCUT2D eigenvalue weighted by atomic mass is 10.0. The maximum atomic E-state index is 12.8. The van der Waals surface area contributed by atoms with Crippen LogP contribution in [-0.4, -0.2) is 57.4 Å². The molecule has 0 aliphatic heterocycles. The Hall–Kier alpha value is -2.55. The molecule has 1 amide bonds. The summed E-state index contributed by atoms with van der Waals surface area (Å²) in [6.45, 7) is 1.86. The first kappa shape index (κ1) is 22.1. The van der Waals surface area contributed by atoms with Crippen molar-refractivity contribution in [3.05, 3.63) is 57.2 Å². The summed E-state index contributed by atoms with van der Waals surface area (Å²) in [5.74, 6) is -0.364. The lowest BCUT2D eigenvalue weighted by Gasteiger charge is -2.16. The molecule has 3 aromatic rings. The molecule has 30 heavy (non-hydrogen) atoms. The lowest BCUT2D eigenvalue weighted by Crippen LogP contribution is -2.23. The summed E-state index contributed by atoms with van der Waals surface area (Å²) in [5.41, 5.74) is 2.76. The minimum absolute atomic E-state index is 0.0662. The zero-order chi connectivity index (χ0) is 22.0. The highest BCUT2D eigenvalue weighted by Crippen LogP contribution is 2.24. The number of ketones is 1. The number of Topliss-reactive ketones (excluding diaryl/α,β-unsaturated/α-hetero) is 1. The molecule has 0 aliphatic carbocycles. The van der Waals surface area contributed by atoms with Gasteiger partial charge in [-0.05, 0) is 18.6 Å². The van der Waals surface area contributed by atoms with E-state index < -0.39 is 0 Å². The molecular formula is C20H21Cl2N5O3. The average molecular weight is 450 g/mol. The van der Waals surface area contributed by atoms with Crippen molar-refractivity contribution in [2.75, 3.05) is 21.2 Å². The maximum absolute atomic E-state index is 12.8. The van der Waals surface area contributed by atoms with Gasteiger partial charge in [0, 0.05) is 58.1 Å². The number of methoxy groups -OCH3 is 1. The summed E-state index contributed by atoms with van der Waals surface area (Å²) in [5, 5.41) is 4.77. The summed E-state index contributed by atoms with van der Waals surface area (Å²) in [6.07, 6.45) is 3.05. The molecule has 0 N–H and O–H groups in total. The highest BCUT2D eigenvalue weighted by Gasteiger charge is 2.20. The van der Waals surface area contributed by atoms with Crippen molar-refractivity contribution >= 4 is 40.5 Å². The van der Waals surface area contributed by atoms with Crippen LogP contribution < -0.4 is 0 Å². The third-order valence-electron chi connectivity index (χ3n) is 4.60. The van der Waals surface area contributed by atoms with Crippen molar-refractivity contribution in [3.8, 4) is 0 Å². The second-order valence-electron chi connectivity index (χ2n) is 7.05. The van der Waals surface area contributed by atoms with Gasteiger partial charge >= 0.3 is 0 Å². The first-order valence-corrected chi connectivity index (χ1v) is 9.90. The molecule has 0 saturated heterocycles. The molecule has 3 rings (SSSR count). The van der Waals surface area contributed by atoms with Crippen LogP contribution in [0.5, 0.6) is 0 Å². The van der Waals surface area contributed by atoms with Gasteiger partial charge in [0.05, 0.1) is 16.8 Å². The van der Waals surface area contributed by atoms with Crippen molar-refractivity contribution in [2.45, 2.75) is 25.9 Å². The molecule has 0 fully saturated rings. The standard InChI is InChI=1S/C20H21Cl2N5O3/c1-11(30-4)19-13(10-23-17-8-16(22)25-27(17)19)7-14(28)5-12-6-15(21)18(24-9-12)20(29)26(2)3/h6,8-11H,5,7H2,1-4H3/t11-/m0/s1. The van der Waals surface area contributed by atoms with Crippen LogP contribution in [0.15, 0.2) is 24.5 Å². The van der Waals surface area contributed by atoms with E-state index in [9.17, 15) is 9.59 Å². The van der Waals surface area contributed by atoms with Crippen LogP contribution in [0.3, 0.4) is 0 Å². The van der Waals surface area contributed by atoms with E-state index in [4.69, 9.17) is 27.9 Å². The van der Waals surface area contributed by atoms with Gasteiger partial charge in [0.1, 0.15) is 11.5 Å². The Morgan fingerprint density at radius 1 is 1.17 bits per heavy atom. The Bertz CT molecular complexity index is 1110. The van der Waals surface area contributed by atoms with E-state index >= 15 is 0 Å². The van der Waals surface area contributed by atoms with Crippen molar-refractivity contribution in [2.24, 2.45) is 0 Å². The number of nitrogens with zero attached hydrogens (tertiary/aromatic N) is 5. The Kier molecular flexibility index (Phi) is 6.70. The van der Waals surface area contributed by atoms with Crippen LogP contribution in [0, 0.1) is 0 Å². The van der Waals surface area contributed by atoms with Gasteiger partial charge in [-0.2, -0.15) is 5.10 Å². The van der Waals surface area contributed by atoms with Gasteiger partial charge in [0.15, 0.2) is 10.8 Å². The topological polar surface area (TPSA) is 89.7 Å². The Morgan fingerprint density at radius 2 is 1.90 bits per heavy atom. The Morgan fingerprint density at radius 3 is 2.53 bits per heavy atom. The second-order valence-corrected chi connectivity index (χ2v) is 7.84. The Balaban J connectivity index is 1.84. The van der Waals surface area contributed by atoms with Gasteiger partial charge in [0.25, 0.3) is 5.91 Å². The van der Waals surface area contributed by atoms with Gasteiger partial charge in [-0.1, -0.05) is 23.2 Å². The van der Waals surface area contributed by atoms with E-state index in [-0.39, 0.29) is 41.4 Å². The molecule has 8 nitrogen and oxygen atoms in total. The fourth-order valence-corrected chi connectivity index (χ4v) is 3.53. The van der Waals surface area contributed by atoms with E-state index in [0.717, 1.165) is 0 Å². The van der Waals surface area contributed by atoms with E-state index in [0.29, 0.717) is 27.6 Å². The lowest BCUT2D eigenvalue weighted by molar-refractivity contribution is -0.117. The number of hydrogen-bond acceptors (Lipinski definition) is 6. The monoisotopic (exact) mass is 449 g/mol. The van der Waals surface area contributed by atoms with E-state index in [1.807, 2.05) is 6.92 Å². The number of amides is 1.